The van der Waals surface area contributed by atoms with E-state index in [9.17, 15) is 43.8 Å². The summed E-state index contributed by atoms with van der Waals surface area (Å²) in [7, 11) is 1.28. The maximum absolute atomic E-state index is 14.2. The number of carboxylic acids is 1. The number of aromatic amines is 1. The fourth-order valence-electron chi connectivity index (χ4n) is 6.53. The Morgan fingerprint density at radius 3 is 2.13 bits per heavy atom. The molecule has 0 fully saturated rings. The van der Waals surface area contributed by atoms with E-state index in [1.165, 1.54) is 25.3 Å². The van der Waals surface area contributed by atoms with Gasteiger partial charge in [0.25, 0.3) is 0 Å². The first-order chi connectivity index (χ1) is 29.4. The topological polar surface area (TPSA) is 262 Å². The molecule has 4 atom stereocenters. The number of hydrogen-bond acceptors (Lipinski definition) is 9. The van der Waals surface area contributed by atoms with Gasteiger partial charge in [0.2, 0.25) is 29.5 Å². The number of ether oxygens (including phenoxy) is 1. The molecule has 17 nitrogen and oxygen atoms in total. The number of rotatable bonds is 21. The minimum absolute atomic E-state index is 0.0199. The van der Waals surface area contributed by atoms with Crippen LogP contribution in [0, 0.1) is 0 Å². The molecule has 0 radical (unpaired) electrons. The Kier molecular flexibility index (Phi) is 17.2. The van der Waals surface area contributed by atoms with Gasteiger partial charge in [0.05, 0.1) is 6.42 Å². The van der Waals surface area contributed by atoms with Crippen molar-refractivity contribution in [1.29, 1.82) is 0 Å². The van der Waals surface area contributed by atoms with Crippen LogP contribution in [-0.2, 0) is 46.3 Å². The molecule has 1 aromatic heterocycles. The predicted octanol–water partition coefficient (Wildman–Crippen LogP) is 3.31. The molecule has 0 unspecified atom stereocenters. The number of fused-ring (bicyclic) bond motifs is 1. The lowest BCUT2D eigenvalue weighted by Gasteiger charge is -2.30. The smallest absolute Gasteiger partial charge is 0.408 e. The third-order valence-corrected chi connectivity index (χ3v) is 9.69. The van der Waals surface area contributed by atoms with Crippen molar-refractivity contribution in [3.05, 3.63) is 108 Å². The summed E-state index contributed by atoms with van der Waals surface area (Å²) in [5, 5.41) is 30.6. The molecule has 0 aliphatic carbocycles. The van der Waals surface area contributed by atoms with Crippen molar-refractivity contribution in [3.8, 4) is 5.75 Å². The fraction of sp³-hybridized carbons (Fsp3) is 0.356. The Morgan fingerprint density at radius 1 is 0.823 bits per heavy atom. The van der Waals surface area contributed by atoms with Crippen molar-refractivity contribution in [1.82, 2.24) is 31.2 Å². The Balaban J connectivity index is 1.55. The third kappa shape index (κ3) is 15.1. The largest absolute Gasteiger partial charge is 0.508 e. The monoisotopic (exact) mass is 853 g/mol. The molecular weight excluding hydrogens is 799 g/mol. The zero-order valence-corrected chi connectivity index (χ0v) is 35.2. The predicted molar refractivity (Wildman–Crippen MR) is 231 cm³/mol. The molecule has 0 saturated heterocycles. The van der Waals surface area contributed by atoms with E-state index >= 15 is 0 Å². The lowest BCUT2D eigenvalue weighted by Crippen LogP contribution is -2.59. The van der Waals surface area contributed by atoms with Crippen molar-refractivity contribution in [3.63, 3.8) is 0 Å². The second kappa shape index (κ2) is 22.4. The molecule has 330 valence electrons. The molecule has 0 spiro atoms. The number of aromatic nitrogens is 1. The van der Waals surface area contributed by atoms with Gasteiger partial charge in [-0.3, -0.25) is 28.8 Å². The van der Waals surface area contributed by atoms with E-state index < -0.39 is 77.8 Å². The van der Waals surface area contributed by atoms with E-state index in [-0.39, 0.29) is 38.0 Å². The van der Waals surface area contributed by atoms with Crippen LogP contribution in [0.1, 0.15) is 63.1 Å². The second-order valence-electron chi connectivity index (χ2n) is 15.8. The van der Waals surface area contributed by atoms with Crippen molar-refractivity contribution in [2.24, 2.45) is 5.73 Å². The van der Waals surface area contributed by atoms with Gasteiger partial charge in [-0.2, -0.15) is 0 Å². The van der Waals surface area contributed by atoms with E-state index in [1.807, 2.05) is 24.3 Å². The fourth-order valence-corrected chi connectivity index (χ4v) is 6.53. The average Bonchev–Trinajstić information content (AvgIpc) is 3.62. The SMILES string of the molecule is CN(C(=O)[C@H](CC(=O)O)NC(=O)[C@H](CCCCNC(=O)C=Cc1ccc(O)cc1)NC(=O)[C@H](Cc1c[nH]c2ccccc12)NC(=O)OC(C)(C)C)[C@@H](Cc1ccccc1)C(N)=O. The first-order valence-electron chi connectivity index (χ1n) is 20.1. The molecule has 0 bridgehead atoms. The Bertz CT molecular complexity index is 2220. The lowest BCUT2D eigenvalue weighted by molar-refractivity contribution is -0.146. The van der Waals surface area contributed by atoms with Crippen LogP contribution in [0.2, 0.25) is 0 Å². The van der Waals surface area contributed by atoms with Gasteiger partial charge >= 0.3 is 12.1 Å². The molecular formula is C45H55N7O10. The van der Waals surface area contributed by atoms with Crippen LogP contribution in [0.3, 0.4) is 0 Å². The number of alkyl carbamates (subject to hydrolysis) is 1. The number of unbranched alkanes of at least 4 members (excludes halogenated alkanes) is 1. The van der Waals surface area contributed by atoms with Gasteiger partial charge < -0.3 is 51.8 Å². The first kappa shape index (κ1) is 47.5. The van der Waals surface area contributed by atoms with Gasteiger partial charge in [-0.05, 0) is 81.0 Å². The minimum atomic E-state index is -1.68. The van der Waals surface area contributed by atoms with Gasteiger partial charge in [-0.1, -0.05) is 60.7 Å². The summed E-state index contributed by atoms with van der Waals surface area (Å²) < 4.78 is 5.45. The number of phenols is 1. The summed E-state index contributed by atoms with van der Waals surface area (Å²) >= 11 is 0. The first-order valence-corrected chi connectivity index (χ1v) is 20.1. The number of hydrogen-bond donors (Lipinski definition) is 8. The summed E-state index contributed by atoms with van der Waals surface area (Å²) in [5.41, 5.74) is 7.64. The molecule has 6 amide bonds. The molecule has 0 aliphatic rings. The van der Waals surface area contributed by atoms with Crippen LogP contribution in [-0.4, -0.2) is 105 Å². The van der Waals surface area contributed by atoms with Crippen LogP contribution >= 0.6 is 0 Å². The number of aliphatic carboxylic acids is 1. The summed E-state index contributed by atoms with van der Waals surface area (Å²) in [6.07, 6.45) is 3.42. The molecule has 62 heavy (non-hydrogen) atoms. The molecule has 0 saturated carbocycles. The average molecular weight is 854 g/mol. The van der Waals surface area contributed by atoms with Gasteiger partial charge in [-0.15, -0.1) is 0 Å². The number of nitrogens with zero attached hydrogens (tertiary/aromatic N) is 1. The van der Waals surface area contributed by atoms with E-state index in [4.69, 9.17) is 10.5 Å². The quantitative estimate of drug-likeness (QED) is 0.0448. The zero-order valence-electron chi connectivity index (χ0n) is 35.2. The summed E-state index contributed by atoms with van der Waals surface area (Å²) in [6, 6.07) is 16.9. The van der Waals surface area contributed by atoms with Crippen LogP contribution in [0.5, 0.6) is 5.75 Å². The van der Waals surface area contributed by atoms with Gasteiger partial charge in [0, 0.05) is 49.6 Å². The number of nitrogens with two attached hydrogens (primary N) is 1. The minimum Gasteiger partial charge on any atom is -0.508 e. The van der Waals surface area contributed by atoms with Gasteiger partial charge in [0.15, 0.2) is 0 Å². The van der Waals surface area contributed by atoms with Crippen molar-refractivity contribution >= 4 is 58.6 Å². The number of aromatic hydroxyl groups is 1. The maximum atomic E-state index is 14.2. The maximum Gasteiger partial charge on any atom is 0.408 e. The number of primary amides is 1. The summed E-state index contributed by atoms with van der Waals surface area (Å²) in [6.45, 7) is 5.17. The van der Waals surface area contributed by atoms with Crippen molar-refractivity contribution in [2.45, 2.75) is 89.1 Å². The van der Waals surface area contributed by atoms with Crippen LogP contribution in [0.4, 0.5) is 4.79 Å². The third-order valence-electron chi connectivity index (χ3n) is 9.69. The number of likely N-dealkylation sites (N-methyl/N-ethyl adjacent to an activating group) is 1. The highest BCUT2D eigenvalue weighted by Gasteiger charge is 2.35. The Labute approximate surface area is 359 Å². The molecule has 17 heteroatoms. The molecule has 9 N–H and O–H groups in total. The number of amides is 6. The van der Waals surface area contributed by atoms with E-state index in [2.05, 4.69) is 26.3 Å². The number of carbonyl (C=O) groups excluding carboxylic acids is 6. The van der Waals surface area contributed by atoms with E-state index in [1.54, 1.807) is 75.5 Å². The highest BCUT2D eigenvalue weighted by atomic mass is 16.6. The lowest BCUT2D eigenvalue weighted by atomic mass is 10.0. The molecule has 0 aliphatic heterocycles. The summed E-state index contributed by atoms with van der Waals surface area (Å²) in [5.74, 6) is -5.17. The molecule has 3 aromatic carbocycles. The highest BCUT2D eigenvalue weighted by molar-refractivity contribution is 5.97. The number of H-pyrrole nitrogens is 1. The van der Waals surface area contributed by atoms with E-state index in [0.717, 1.165) is 15.8 Å². The van der Waals surface area contributed by atoms with Crippen molar-refractivity contribution < 1.29 is 48.5 Å². The zero-order chi connectivity index (χ0) is 45.4. The molecule has 1 heterocycles. The Hall–Kier alpha value is -7.17. The van der Waals surface area contributed by atoms with Crippen LogP contribution in [0.25, 0.3) is 17.0 Å². The van der Waals surface area contributed by atoms with Crippen molar-refractivity contribution in [2.75, 3.05) is 13.6 Å². The highest BCUT2D eigenvalue weighted by Crippen LogP contribution is 2.20. The normalized spacial score (nSPS) is 13.3. The number of nitrogens with one attached hydrogen (secondary N) is 5. The number of phenolic OH excluding ortho intramolecular Hbond substituents is 1. The van der Waals surface area contributed by atoms with E-state index in [0.29, 0.717) is 23.1 Å². The second-order valence-corrected chi connectivity index (χ2v) is 15.8. The number of para-hydroxylation sites is 1. The number of carboxylic acid groups (broad SMARTS) is 1. The summed E-state index contributed by atoms with van der Waals surface area (Å²) in [4.78, 5) is 96.5. The Morgan fingerprint density at radius 2 is 1.47 bits per heavy atom. The number of benzene rings is 3. The van der Waals surface area contributed by atoms with Crippen LogP contribution < -0.4 is 27.0 Å². The molecule has 4 rings (SSSR count). The van der Waals surface area contributed by atoms with Crippen LogP contribution in [0.15, 0.2) is 91.1 Å². The molecule has 4 aromatic rings. The van der Waals surface area contributed by atoms with Gasteiger partial charge in [-0.25, -0.2) is 4.79 Å². The standard InChI is InChI=1S/C45H55N7O10/c1-45(2,3)62-44(61)51-35(25-30-27-48-33-15-9-8-14-32(30)33)42(59)49-34(16-10-11-23-47-38(54)22-19-28-17-20-31(53)21-18-28)41(58)50-36(26-39(55)56)43(60)52(4)37(40(46)57)24-29-12-6-5-7-13-29/h5-9,12-15,17-22,27,34-37,48,53H,10-11,16,23-26H2,1-4H3,(H2,46,57)(H,47,54)(H,49,59)(H,50,58)(H,51,61)(H,55,56)/t34-,35-,36-,37-/m0/s1. The van der Waals surface area contributed by atoms with Gasteiger partial charge in [0.1, 0.15) is 35.5 Å². The number of carbonyl (C=O) groups is 7.